The van der Waals surface area contributed by atoms with E-state index in [2.05, 4.69) is 36.1 Å². The summed E-state index contributed by atoms with van der Waals surface area (Å²) in [6, 6.07) is 9.06. The minimum atomic E-state index is 0.517. The van der Waals surface area contributed by atoms with Gasteiger partial charge in [-0.1, -0.05) is 37.1 Å². The van der Waals surface area contributed by atoms with Crippen molar-refractivity contribution in [2.45, 2.75) is 44.5 Å². The third-order valence-electron chi connectivity index (χ3n) is 4.33. The molecule has 2 nitrogen and oxygen atoms in total. The van der Waals surface area contributed by atoms with Crippen molar-refractivity contribution < 1.29 is 0 Å². The fourth-order valence-corrected chi connectivity index (χ4v) is 3.37. The number of rotatable bonds is 2. The second-order valence-electron chi connectivity index (χ2n) is 5.68. The molecule has 2 aromatic rings. The molecule has 0 aliphatic carbocycles. The maximum Gasteiger partial charge on any atom is 0.136 e. The van der Waals surface area contributed by atoms with Gasteiger partial charge in [0.05, 0.1) is 0 Å². The van der Waals surface area contributed by atoms with E-state index in [1.807, 2.05) is 6.20 Å². The van der Waals surface area contributed by atoms with Gasteiger partial charge < -0.3 is 4.90 Å². The molecule has 0 radical (unpaired) electrons. The maximum absolute atomic E-state index is 6.05. The van der Waals surface area contributed by atoms with Crippen molar-refractivity contribution >= 4 is 28.2 Å². The van der Waals surface area contributed by atoms with Crippen molar-refractivity contribution in [2.24, 2.45) is 0 Å². The third-order valence-corrected chi connectivity index (χ3v) is 4.61. The summed E-state index contributed by atoms with van der Waals surface area (Å²) in [7, 11) is 0. The molecule has 1 fully saturated rings. The van der Waals surface area contributed by atoms with Crippen LogP contribution in [0.2, 0.25) is 0 Å². The number of fused-ring (bicyclic) bond motifs is 1. The molecular formula is C17H21ClN2. The lowest BCUT2D eigenvalue weighted by Crippen LogP contribution is -2.33. The van der Waals surface area contributed by atoms with Crippen LogP contribution in [0.15, 0.2) is 30.5 Å². The second-order valence-corrected chi connectivity index (χ2v) is 5.95. The Morgan fingerprint density at radius 1 is 1.20 bits per heavy atom. The number of halogens is 1. The summed E-state index contributed by atoms with van der Waals surface area (Å²) >= 11 is 6.05. The summed E-state index contributed by atoms with van der Waals surface area (Å²) in [6.07, 6.45) is 7.13. The SMILES string of the molecule is CC1CCCCCN1c1ncc(CCl)c2ccccc12. The van der Waals surface area contributed by atoms with E-state index in [1.165, 1.54) is 36.5 Å². The highest BCUT2D eigenvalue weighted by molar-refractivity contribution is 6.18. The molecular weight excluding hydrogens is 268 g/mol. The highest BCUT2D eigenvalue weighted by Crippen LogP contribution is 2.31. The quantitative estimate of drug-likeness (QED) is 0.742. The number of alkyl halides is 1. The van der Waals surface area contributed by atoms with Crippen LogP contribution in [-0.2, 0) is 5.88 Å². The van der Waals surface area contributed by atoms with Gasteiger partial charge in [-0.2, -0.15) is 0 Å². The van der Waals surface area contributed by atoms with Crippen LogP contribution < -0.4 is 4.90 Å². The zero-order valence-electron chi connectivity index (χ0n) is 12.0. The number of hydrogen-bond acceptors (Lipinski definition) is 2. The van der Waals surface area contributed by atoms with Gasteiger partial charge in [0.1, 0.15) is 5.82 Å². The monoisotopic (exact) mass is 288 g/mol. The smallest absolute Gasteiger partial charge is 0.136 e. The van der Waals surface area contributed by atoms with Crippen molar-refractivity contribution in [1.29, 1.82) is 0 Å². The molecule has 1 atom stereocenters. The summed E-state index contributed by atoms with van der Waals surface area (Å²) in [5.41, 5.74) is 1.12. The molecule has 0 amide bonds. The highest BCUT2D eigenvalue weighted by atomic mass is 35.5. The van der Waals surface area contributed by atoms with E-state index >= 15 is 0 Å². The van der Waals surface area contributed by atoms with Gasteiger partial charge in [-0.3, -0.25) is 0 Å². The molecule has 1 saturated heterocycles. The average molecular weight is 289 g/mol. The summed E-state index contributed by atoms with van der Waals surface area (Å²) in [5.74, 6) is 1.65. The molecule has 0 saturated carbocycles. The van der Waals surface area contributed by atoms with Gasteiger partial charge in [0.15, 0.2) is 0 Å². The lowest BCUT2D eigenvalue weighted by molar-refractivity contribution is 0.613. The molecule has 3 heteroatoms. The first-order chi connectivity index (χ1) is 9.81. The molecule has 1 aliphatic heterocycles. The third kappa shape index (κ3) is 2.49. The predicted molar refractivity (Wildman–Crippen MR) is 86.6 cm³/mol. The van der Waals surface area contributed by atoms with Crippen LogP contribution in [0.5, 0.6) is 0 Å². The van der Waals surface area contributed by atoms with E-state index in [1.54, 1.807) is 0 Å². The van der Waals surface area contributed by atoms with E-state index in [0.717, 1.165) is 17.9 Å². The summed E-state index contributed by atoms with van der Waals surface area (Å²) < 4.78 is 0. The van der Waals surface area contributed by atoms with E-state index in [4.69, 9.17) is 16.6 Å². The number of benzene rings is 1. The van der Waals surface area contributed by atoms with Crippen LogP contribution in [0.25, 0.3) is 10.8 Å². The second kappa shape index (κ2) is 6.01. The van der Waals surface area contributed by atoms with Crippen LogP contribution >= 0.6 is 11.6 Å². The van der Waals surface area contributed by atoms with Crippen molar-refractivity contribution in [1.82, 2.24) is 4.98 Å². The zero-order chi connectivity index (χ0) is 13.9. The van der Waals surface area contributed by atoms with E-state index in [-0.39, 0.29) is 0 Å². The van der Waals surface area contributed by atoms with Crippen LogP contribution in [0.4, 0.5) is 5.82 Å². The van der Waals surface area contributed by atoms with Crippen molar-refractivity contribution in [3.63, 3.8) is 0 Å². The molecule has 1 aromatic carbocycles. The summed E-state index contributed by atoms with van der Waals surface area (Å²) in [6.45, 7) is 3.43. The Morgan fingerprint density at radius 3 is 2.80 bits per heavy atom. The lowest BCUT2D eigenvalue weighted by atomic mass is 10.1. The van der Waals surface area contributed by atoms with Gasteiger partial charge >= 0.3 is 0 Å². The molecule has 20 heavy (non-hydrogen) atoms. The summed E-state index contributed by atoms with van der Waals surface area (Å²) in [5, 5.41) is 2.48. The Bertz CT molecular complexity index is 597. The predicted octanol–water partition coefficient (Wildman–Crippen LogP) is 4.74. The molecule has 0 N–H and O–H groups in total. The van der Waals surface area contributed by atoms with Crippen LogP contribution in [0.3, 0.4) is 0 Å². The molecule has 106 valence electrons. The average Bonchev–Trinajstić information content (AvgIpc) is 2.71. The van der Waals surface area contributed by atoms with Gasteiger partial charge in [0.2, 0.25) is 0 Å². The maximum atomic E-state index is 6.05. The molecule has 1 unspecified atom stereocenters. The lowest BCUT2D eigenvalue weighted by Gasteiger charge is -2.29. The van der Waals surface area contributed by atoms with Crippen LogP contribution in [0, 0.1) is 0 Å². The normalized spacial score (nSPS) is 20.1. The molecule has 0 bridgehead atoms. The van der Waals surface area contributed by atoms with Crippen molar-refractivity contribution in [2.75, 3.05) is 11.4 Å². The number of pyridine rings is 1. The number of anilines is 1. The van der Waals surface area contributed by atoms with E-state index < -0.39 is 0 Å². The van der Waals surface area contributed by atoms with Crippen LogP contribution in [0.1, 0.15) is 38.2 Å². The van der Waals surface area contributed by atoms with Crippen molar-refractivity contribution in [3.8, 4) is 0 Å². The Labute approximate surface area is 125 Å². The first-order valence-corrected chi connectivity index (χ1v) is 8.04. The van der Waals surface area contributed by atoms with Gasteiger partial charge in [-0.25, -0.2) is 4.98 Å². The highest BCUT2D eigenvalue weighted by Gasteiger charge is 2.20. The topological polar surface area (TPSA) is 16.1 Å². The first kappa shape index (κ1) is 13.7. The molecule has 1 aliphatic rings. The van der Waals surface area contributed by atoms with Gasteiger partial charge in [-0.15, -0.1) is 11.6 Å². The Balaban J connectivity index is 2.11. The largest absolute Gasteiger partial charge is 0.353 e. The zero-order valence-corrected chi connectivity index (χ0v) is 12.7. The Morgan fingerprint density at radius 2 is 2.00 bits per heavy atom. The van der Waals surface area contributed by atoms with Gasteiger partial charge in [-0.05, 0) is 30.7 Å². The Hall–Kier alpha value is -1.28. The fraction of sp³-hybridized carbons (Fsp3) is 0.471. The first-order valence-electron chi connectivity index (χ1n) is 7.50. The minimum absolute atomic E-state index is 0.517. The summed E-state index contributed by atoms with van der Waals surface area (Å²) in [4.78, 5) is 7.21. The van der Waals surface area contributed by atoms with Crippen LogP contribution in [-0.4, -0.2) is 17.6 Å². The minimum Gasteiger partial charge on any atom is -0.353 e. The molecule has 0 spiro atoms. The fourth-order valence-electron chi connectivity index (χ4n) is 3.16. The number of hydrogen-bond donors (Lipinski definition) is 0. The molecule has 2 heterocycles. The van der Waals surface area contributed by atoms with E-state index in [0.29, 0.717) is 11.9 Å². The number of aromatic nitrogens is 1. The molecule has 3 rings (SSSR count). The Kier molecular flexibility index (Phi) is 4.11. The van der Waals surface area contributed by atoms with Gasteiger partial charge in [0.25, 0.3) is 0 Å². The standard InChI is InChI=1S/C17H21ClN2/c1-13-7-3-2-6-10-20(13)17-16-9-5-4-8-15(16)14(11-18)12-19-17/h4-5,8-9,12-13H,2-3,6-7,10-11H2,1H3. The van der Waals surface area contributed by atoms with Gasteiger partial charge in [0, 0.05) is 30.0 Å². The molecule has 1 aromatic heterocycles. The van der Waals surface area contributed by atoms with Crippen molar-refractivity contribution in [3.05, 3.63) is 36.0 Å². The number of nitrogens with zero attached hydrogens (tertiary/aromatic N) is 2. The van der Waals surface area contributed by atoms with E-state index in [9.17, 15) is 0 Å².